The summed E-state index contributed by atoms with van der Waals surface area (Å²) in [6, 6.07) is 18.9. The molecule has 0 unspecified atom stereocenters. The SMILES string of the molecule is CN(C(=O)c1cc(NCCc2ccc(Cl)cc2)ncn1)c1ccccc1. The fourth-order valence-corrected chi connectivity index (χ4v) is 2.62. The average Bonchev–Trinajstić information content (AvgIpc) is 2.69. The number of nitrogens with zero attached hydrogens (tertiary/aromatic N) is 3. The predicted octanol–water partition coefficient (Wildman–Crippen LogP) is 4.06. The molecule has 1 heterocycles. The summed E-state index contributed by atoms with van der Waals surface area (Å²) < 4.78 is 0. The molecule has 3 aromatic rings. The van der Waals surface area contributed by atoms with Crippen molar-refractivity contribution in [3.63, 3.8) is 0 Å². The van der Waals surface area contributed by atoms with Crippen molar-refractivity contribution in [1.29, 1.82) is 0 Å². The molecule has 0 spiro atoms. The molecule has 0 bridgehead atoms. The van der Waals surface area contributed by atoms with E-state index < -0.39 is 0 Å². The zero-order chi connectivity index (χ0) is 18.4. The van der Waals surface area contributed by atoms with Crippen LogP contribution in [0.3, 0.4) is 0 Å². The van der Waals surface area contributed by atoms with Crippen LogP contribution in [-0.2, 0) is 6.42 Å². The lowest BCUT2D eigenvalue weighted by Gasteiger charge is -2.17. The number of halogens is 1. The van der Waals surface area contributed by atoms with Crippen LogP contribution < -0.4 is 10.2 Å². The largest absolute Gasteiger partial charge is 0.370 e. The van der Waals surface area contributed by atoms with Crippen molar-refractivity contribution in [2.75, 3.05) is 23.8 Å². The van der Waals surface area contributed by atoms with Gasteiger partial charge in [0.1, 0.15) is 17.8 Å². The molecule has 6 heteroatoms. The molecule has 1 amide bonds. The van der Waals surface area contributed by atoms with E-state index in [1.807, 2.05) is 54.6 Å². The van der Waals surface area contributed by atoms with Gasteiger partial charge in [0.25, 0.3) is 5.91 Å². The molecule has 26 heavy (non-hydrogen) atoms. The number of anilines is 2. The molecule has 0 saturated heterocycles. The van der Waals surface area contributed by atoms with E-state index in [9.17, 15) is 4.79 Å². The molecule has 0 fully saturated rings. The van der Waals surface area contributed by atoms with Crippen molar-refractivity contribution in [3.8, 4) is 0 Å². The third-order valence-corrected chi connectivity index (χ3v) is 4.22. The monoisotopic (exact) mass is 366 g/mol. The van der Waals surface area contributed by atoms with E-state index in [1.54, 1.807) is 18.0 Å². The Morgan fingerprint density at radius 2 is 1.81 bits per heavy atom. The molecule has 0 aliphatic rings. The first kappa shape index (κ1) is 17.9. The van der Waals surface area contributed by atoms with Gasteiger partial charge in [-0.1, -0.05) is 41.9 Å². The molecule has 0 saturated carbocycles. The Hall–Kier alpha value is -2.92. The lowest BCUT2D eigenvalue weighted by molar-refractivity contribution is 0.0988. The number of hydrogen-bond donors (Lipinski definition) is 1. The Morgan fingerprint density at radius 1 is 1.08 bits per heavy atom. The summed E-state index contributed by atoms with van der Waals surface area (Å²) in [4.78, 5) is 22.5. The van der Waals surface area contributed by atoms with Crippen molar-refractivity contribution >= 4 is 29.0 Å². The van der Waals surface area contributed by atoms with Gasteiger partial charge in [-0.25, -0.2) is 9.97 Å². The number of benzene rings is 2. The molecule has 132 valence electrons. The van der Waals surface area contributed by atoms with Crippen LogP contribution in [0, 0.1) is 0 Å². The summed E-state index contributed by atoms with van der Waals surface area (Å²) in [5.41, 5.74) is 2.34. The van der Waals surface area contributed by atoms with E-state index in [4.69, 9.17) is 11.6 Å². The van der Waals surface area contributed by atoms with Gasteiger partial charge in [-0.3, -0.25) is 4.79 Å². The second kappa shape index (κ2) is 8.45. The molecule has 0 radical (unpaired) electrons. The summed E-state index contributed by atoms with van der Waals surface area (Å²) >= 11 is 5.89. The van der Waals surface area contributed by atoms with Gasteiger partial charge in [0.2, 0.25) is 0 Å². The van der Waals surface area contributed by atoms with Gasteiger partial charge >= 0.3 is 0 Å². The maximum atomic E-state index is 12.6. The third kappa shape index (κ3) is 4.58. The smallest absolute Gasteiger partial charge is 0.276 e. The molecule has 1 N–H and O–H groups in total. The summed E-state index contributed by atoms with van der Waals surface area (Å²) in [7, 11) is 1.73. The highest BCUT2D eigenvalue weighted by Crippen LogP contribution is 2.15. The molecular formula is C20H19ClN4O. The van der Waals surface area contributed by atoms with Crippen LogP contribution in [0.4, 0.5) is 11.5 Å². The first-order chi connectivity index (χ1) is 12.6. The lowest BCUT2D eigenvalue weighted by atomic mass is 10.1. The van der Waals surface area contributed by atoms with Crippen LogP contribution in [0.2, 0.25) is 5.02 Å². The zero-order valence-corrected chi connectivity index (χ0v) is 15.1. The number of nitrogens with one attached hydrogen (secondary N) is 1. The molecular weight excluding hydrogens is 348 g/mol. The van der Waals surface area contributed by atoms with Crippen LogP contribution in [0.25, 0.3) is 0 Å². The van der Waals surface area contributed by atoms with Crippen LogP contribution in [0.15, 0.2) is 67.0 Å². The number of amides is 1. The van der Waals surface area contributed by atoms with E-state index in [2.05, 4.69) is 15.3 Å². The second-order valence-electron chi connectivity index (χ2n) is 5.79. The summed E-state index contributed by atoms with van der Waals surface area (Å²) in [6.45, 7) is 0.695. The fourth-order valence-electron chi connectivity index (χ4n) is 2.50. The van der Waals surface area contributed by atoms with Crippen LogP contribution in [0.5, 0.6) is 0 Å². The normalized spacial score (nSPS) is 10.4. The van der Waals surface area contributed by atoms with Crippen molar-refractivity contribution < 1.29 is 4.79 Å². The van der Waals surface area contributed by atoms with Gasteiger partial charge in [-0.05, 0) is 36.2 Å². The minimum atomic E-state index is -0.181. The van der Waals surface area contributed by atoms with Gasteiger partial charge < -0.3 is 10.2 Å². The standard InChI is InChI=1S/C20H19ClN4O/c1-25(17-5-3-2-4-6-17)20(26)18-13-19(24-14-23-18)22-12-11-15-7-9-16(21)10-8-15/h2-10,13-14H,11-12H2,1H3,(H,22,23,24). The van der Waals surface area contributed by atoms with Gasteiger partial charge in [0.15, 0.2) is 0 Å². The van der Waals surface area contributed by atoms with E-state index in [0.717, 1.165) is 17.1 Å². The van der Waals surface area contributed by atoms with Crippen LogP contribution in [-0.4, -0.2) is 29.5 Å². The maximum Gasteiger partial charge on any atom is 0.276 e. The van der Waals surface area contributed by atoms with Crippen LogP contribution >= 0.6 is 11.6 Å². The van der Waals surface area contributed by atoms with Gasteiger partial charge in [0.05, 0.1) is 0 Å². The van der Waals surface area contributed by atoms with Gasteiger partial charge in [-0.2, -0.15) is 0 Å². The fraction of sp³-hybridized carbons (Fsp3) is 0.150. The lowest BCUT2D eigenvalue weighted by Crippen LogP contribution is -2.27. The molecule has 3 rings (SSSR count). The molecule has 0 aliphatic heterocycles. The van der Waals surface area contributed by atoms with E-state index in [0.29, 0.717) is 18.1 Å². The first-order valence-electron chi connectivity index (χ1n) is 8.27. The number of rotatable bonds is 6. The Balaban J connectivity index is 1.62. The topological polar surface area (TPSA) is 58.1 Å². The highest BCUT2D eigenvalue weighted by atomic mass is 35.5. The highest BCUT2D eigenvalue weighted by molar-refractivity contribution is 6.30. The van der Waals surface area contributed by atoms with Crippen LogP contribution in [0.1, 0.15) is 16.1 Å². The van der Waals surface area contributed by atoms with Gasteiger partial charge in [0, 0.05) is 30.4 Å². The molecule has 0 atom stereocenters. The number of aromatic nitrogens is 2. The number of para-hydroxylation sites is 1. The Bertz CT molecular complexity index is 868. The number of carbonyl (C=O) groups is 1. The Labute approximate surface area is 157 Å². The van der Waals surface area contributed by atoms with E-state index in [-0.39, 0.29) is 5.91 Å². The van der Waals surface area contributed by atoms with Crippen molar-refractivity contribution in [3.05, 3.63) is 83.3 Å². The zero-order valence-electron chi connectivity index (χ0n) is 14.4. The van der Waals surface area contributed by atoms with Crippen molar-refractivity contribution in [1.82, 2.24) is 9.97 Å². The number of carbonyl (C=O) groups excluding carboxylic acids is 1. The second-order valence-corrected chi connectivity index (χ2v) is 6.23. The Kier molecular flexibility index (Phi) is 5.81. The highest BCUT2D eigenvalue weighted by Gasteiger charge is 2.15. The maximum absolute atomic E-state index is 12.6. The minimum Gasteiger partial charge on any atom is -0.370 e. The summed E-state index contributed by atoms with van der Waals surface area (Å²) in [6.07, 6.45) is 2.23. The van der Waals surface area contributed by atoms with E-state index in [1.165, 1.54) is 11.9 Å². The van der Waals surface area contributed by atoms with Crippen molar-refractivity contribution in [2.24, 2.45) is 0 Å². The summed E-state index contributed by atoms with van der Waals surface area (Å²) in [5.74, 6) is 0.443. The quantitative estimate of drug-likeness (QED) is 0.714. The van der Waals surface area contributed by atoms with Gasteiger partial charge in [-0.15, -0.1) is 0 Å². The van der Waals surface area contributed by atoms with Crippen molar-refractivity contribution in [2.45, 2.75) is 6.42 Å². The minimum absolute atomic E-state index is 0.181. The average molecular weight is 367 g/mol. The summed E-state index contributed by atoms with van der Waals surface area (Å²) in [5, 5.41) is 3.95. The third-order valence-electron chi connectivity index (χ3n) is 3.97. The predicted molar refractivity (Wildman–Crippen MR) is 105 cm³/mol. The molecule has 0 aliphatic carbocycles. The number of hydrogen-bond acceptors (Lipinski definition) is 4. The first-order valence-corrected chi connectivity index (χ1v) is 8.65. The molecule has 5 nitrogen and oxygen atoms in total. The molecule has 1 aromatic heterocycles. The molecule has 2 aromatic carbocycles. The van der Waals surface area contributed by atoms with E-state index >= 15 is 0 Å². The Morgan fingerprint density at radius 3 is 2.54 bits per heavy atom.